The van der Waals surface area contributed by atoms with Crippen molar-refractivity contribution in [3.05, 3.63) is 76.3 Å². The predicted molar refractivity (Wildman–Crippen MR) is 78.5 cm³/mol. The molecule has 2 heteroatoms. The lowest BCUT2D eigenvalue weighted by molar-refractivity contribution is 0.853. The first-order valence-corrected chi connectivity index (χ1v) is 6.29. The van der Waals surface area contributed by atoms with Crippen LogP contribution in [0, 0.1) is 0 Å². The van der Waals surface area contributed by atoms with Crippen molar-refractivity contribution in [1.82, 2.24) is 0 Å². The summed E-state index contributed by atoms with van der Waals surface area (Å²) < 4.78 is 0. The summed E-state index contributed by atoms with van der Waals surface area (Å²) in [5.41, 5.74) is 9.59. The average Bonchev–Trinajstić information content (AvgIpc) is 2.41. The van der Waals surface area contributed by atoms with Crippen molar-refractivity contribution in [2.75, 3.05) is 0 Å². The molecule has 0 saturated heterocycles. The highest BCUT2D eigenvalue weighted by Gasteiger charge is 2.06. The summed E-state index contributed by atoms with van der Waals surface area (Å²) in [4.78, 5) is 0. The van der Waals surface area contributed by atoms with Crippen LogP contribution >= 0.6 is 11.6 Å². The number of benzene rings is 2. The highest BCUT2D eigenvalue weighted by Crippen LogP contribution is 2.21. The summed E-state index contributed by atoms with van der Waals surface area (Å²) in [6.07, 6.45) is 2.09. The Morgan fingerprint density at radius 3 is 2.28 bits per heavy atom. The van der Waals surface area contributed by atoms with Gasteiger partial charge in [-0.2, -0.15) is 0 Å². The summed E-state index contributed by atoms with van der Waals surface area (Å²) in [6, 6.07) is 17.8. The molecule has 1 atom stereocenters. The maximum Gasteiger partial charge on any atom is 0.0511 e. The number of nitrogens with two attached hydrogens (primary N) is 1. The summed E-state index contributed by atoms with van der Waals surface area (Å²) in [5.74, 6) is 0. The normalized spacial score (nSPS) is 13.4. The minimum Gasteiger partial charge on any atom is -0.321 e. The molecule has 1 nitrogen and oxygen atoms in total. The van der Waals surface area contributed by atoms with Crippen LogP contribution < -0.4 is 5.73 Å². The van der Waals surface area contributed by atoms with Crippen LogP contribution in [0.1, 0.15) is 24.1 Å². The quantitative estimate of drug-likeness (QED) is 0.864. The minimum atomic E-state index is -0.0677. The van der Waals surface area contributed by atoms with Crippen LogP contribution in [0.15, 0.2) is 60.2 Å². The Balaban J connectivity index is 2.20. The highest BCUT2D eigenvalue weighted by atomic mass is 35.5. The standard InChI is InChI=1S/C16H16ClN/c1-12(11-13-7-9-15(17)10-8-13)16(18)14-5-3-2-4-6-14/h2-11,16H,18H2,1H3/b12-11+. The lowest BCUT2D eigenvalue weighted by atomic mass is 9.99. The van der Waals surface area contributed by atoms with Crippen LogP contribution in [0.5, 0.6) is 0 Å². The van der Waals surface area contributed by atoms with E-state index in [-0.39, 0.29) is 6.04 Å². The zero-order valence-corrected chi connectivity index (χ0v) is 11.1. The molecule has 0 aliphatic rings. The molecule has 2 N–H and O–H groups in total. The van der Waals surface area contributed by atoms with Crippen LogP contribution in [0.25, 0.3) is 6.08 Å². The van der Waals surface area contributed by atoms with E-state index in [0.717, 1.165) is 21.7 Å². The Morgan fingerprint density at radius 1 is 1.06 bits per heavy atom. The lowest BCUT2D eigenvalue weighted by Gasteiger charge is -2.12. The molecule has 2 rings (SSSR count). The van der Waals surface area contributed by atoms with Gasteiger partial charge in [0.1, 0.15) is 0 Å². The first kappa shape index (κ1) is 12.9. The molecule has 0 saturated carbocycles. The monoisotopic (exact) mass is 257 g/mol. The third-order valence-corrected chi connectivity index (χ3v) is 3.17. The molecule has 18 heavy (non-hydrogen) atoms. The Bertz CT molecular complexity index is 529. The van der Waals surface area contributed by atoms with Gasteiger partial charge < -0.3 is 5.73 Å². The molecular formula is C16H16ClN. The van der Waals surface area contributed by atoms with E-state index in [2.05, 4.69) is 6.08 Å². The fourth-order valence-corrected chi connectivity index (χ4v) is 1.96. The van der Waals surface area contributed by atoms with Crippen molar-refractivity contribution in [3.63, 3.8) is 0 Å². The smallest absolute Gasteiger partial charge is 0.0511 e. The molecule has 0 fully saturated rings. The first-order valence-electron chi connectivity index (χ1n) is 5.91. The van der Waals surface area contributed by atoms with Gasteiger partial charge in [-0.25, -0.2) is 0 Å². The molecule has 2 aromatic rings. The van der Waals surface area contributed by atoms with Crippen molar-refractivity contribution in [2.45, 2.75) is 13.0 Å². The van der Waals surface area contributed by atoms with E-state index in [1.54, 1.807) is 0 Å². The average molecular weight is 258 g/mol. The van der Waals surface area contributed by atoms with Gasteiger partial charge in [0.25, 0.3) is 0 Å². The van der Waals surface area contributed by atoms with Crippen LogP contribution in [0.3, 0.4) is 0 Å². The zero-order valence-electron chi connectivity index (χ0n) is 10.3. The molecule has 0 spiro atoms. The lowest BCUT2D eigenvalue weighted by Crippen LogP contribution is -2.11. The van der Waals surface area contributed by atoms with Gasteiger partial charge in [0, 0.05) is 5.02 Å². The van der Waals surface area contributed by atoms with Crippen molar-refractivity contribution in [1.29, 1.82) is 0 Å². The van der Waals surface area contributed by atoms with Gasteiger partial charge in [-0.15, -0.1) is 0 Å². The van der Waals surface area contributed by atoms with Gasteiger partial charge in [0.2, 0.25) is 0 Å². The third-order valence-electron chi connectivity index (χ3n) is 2.91. The molecule has 0 aliphatic heterocycles. The fraction of sp³-hybridized carbons (Fsp3) is 0.125. The zero-order chi connectivity index (χ0) is 13.0. The Hall–Kier alpha value is -1.57. The van der Waals surface area contributed by atoms with Gasteiger partial charge in [0.15, 0.2) is 0 Å². The minimum absolute atomic E-state index is 0.0677. The van der Waals surface area contributed by atoms with Crippen LogP contribution in [0.4, 0.5) is 0 Å². The molecule has 0 aromatic heterocycles. The van der Waals surface area contributed by atoms with Gasteiger partial charge in [-0.1, -0.05) is 65.7 Å². The van der Waals surface area contributed by atoms with Gasteiger partial charge in [0.05, 0.1) is 6.04 Å². The molecular weight excluding hydrogens is 242 g/mol. The highest BCUT2D eigenvalue weighted by molar-refractivity contribution is 6.30. The summed E-state index contributed by atoms with van der Waals surface area (Å²) in [7, 11) is 0. The largest absolute Gasteiger partial charge is 0.321 e. The van der Waals surface area contributed by atoms with E-state index in [1.165, 1.54) is 0 Å². The van der Waals surface area contributed by atoms with E-state index < -0.39 is 0 Å². The molecule has 0 heterocycles. The van der Waals surface area contributed by atoms with E-state index in [9.17, 15) is 0 Å². The molecule has 1 unspecified atom stereocenters. The second kappa shape index (κ2) is 5.85. The Labute approximate surface area is 113 Å². The second-order valence-electron chi connectivity index (χ2n) is 4.33. The van der Waals surface area contributed by atoms with Crippen molar-refractivity contribution < 1.29 is 0 Å². The van der Waals surface area contributed by atoms with Crippen LogP contribution in [-0.2, 0) is 0 Å². The van der Waals surface area contributed by atoms with Crippen LogP contribution in [0.2, 0.25) is 5.02 Å². The van der Waals surface area contributed by atoms with E-state index in [0.29, 0.717) is 0 Å². The van der Waals surface area contributed by atoms with Gasteiger partial charge in [-0.05, 0) is 30.2 Å². The number of halogens is 1. The molecule has 0 amide bonds. The van der Waals surface area contributed by atoms with E-state index in [1.807, 2.05) is 61.5 Å². The topological polar surface area (TPSA) is 26.0 Å². The number of hydrogen-bond acceptors (Lipinski definition) is 1. The first-order chi connectivity index (χ1) is 8.66. The molecule has 0 bridgehead atoms. The predicted octanol–water partition coefficient (Wildman–Crippen LogP) is 4.44. The molecule has 92 valence electrons. The Kier molecular flexibility index (Phi) is 4.19. The number of rotatable bonds is 3. The van der Waals surface area contributed by atoms with Gasteiger partial charge >= 0.3 is 0 Å². The Morgan fingerprint density at radius 2 is 1.67 bits per heavy atom. The molecule has 2 aromatic carbocycles. The van der Waals surface area contributed by atoms with E-state index in [4.69, 9.17) is 17.3 Å². The molecule has 0 radical (unpaired) electrons. The van der Waals surface area contributed by atoms with E-state index >= 15 is 0 Å². The summed E-state index contributed by atoms with van der Waals surface area (Å²) >= 11 is 5.86. The fourth-order valence-electron chi connectivity index (χ4n) is 1.83. The third kappa shape index (κ3) is 3.22. The van der Waals surface area contributed by atoms with Crippen LogP contribution in [-0.4, -0.2) is 0 Å². The van der Waals surface area contributed by atoms with Crippen molar-refractivity contribution in [3.8, 4) is 0 Å². The van der Waals surface area contributed by atoms with Gasteiger partial charge in [-0.3, -0.25) is 0 Å². The number of hydrogen-bond donors (Lipinski definition) is 1. The maximum absolute atomic E-state index is 6.22. The summed E-state index contributed by atoms with van der Waals surface area (Å²) in [5, 5.41) is 0.747. The maximum atomic E-state index is 6.22. The van der Waals surface area contributed by atoms with Crippen molar-refractivity contribution in [2.24, 2.45) is 5.73 Å². The molecule has 0 aliphatic carbocycles. The van der Waals surface area contributed by atoms with Crippen molar-refractivity contribution >= 4 is 17.7 Å². The SMILES string of the molecule is C/C(=C\c1ccc(Cl)cc1)C(N)c1ccccc1. The summed E-state index contributed by atoms with van der Waals surface area (Å²) in [6.45, 7) is 2.05. The second-order valence-corrected chi connectivity index (χ2v) is 4.76.